The Morgan fingerprint density at radius 3 is 2.53 bits per heavy atom. The molecule has 4 heterocycles. The van der Waals surface area contributed by atoms with Gasteiger partial charge >= 0.3 is 0 Å². The summed E-state index contributed by atoms with van der Waals surface area (Å²) >= 11 is 0. The highest BCUT2D eigenvalue weighted by atomic mass is 16.2. The van der Waals surface area contributed by atoms with Gasteiger partial charge in [-0.15, -0.1) is 0 Å². The lowest BCUT2D eigenvalue weighted by Gasteiger charge is -2.42. The van der Waals surface area contributed by atoms with E-state index in [1.165, 1.54) is 5.56 Å². The lowest BCUT2D eigenvalue weighted by molar-refractivity contribution is -0.142. The van der Waals surface area contributed by atoms with E-state index in [1.807, 2.05) is 23.2 Å². The van der Waals surface area contributed by atoms with E-state index in [9.17, 15) is 9.59 Å². The van der Waals surface area contributed by atoms with Crippen molar-refractivity contribution >= 4 is 17.5 Å². The Hall–Kier alpha value is -3.15. The molecule has 2 aliphatic heterocycles. The number of rotatable bonds is 4. The molecule has 6 heteroatoms. The number of pyridine rings is 1. The quantitative estimate of drug-likeness (QED) is 0.636. The van der Waals surface area contributed by atoms with Gasteiger partial charge < -0.3 is 14.2 Å². The second-order valence-corrected chi connectivity index (χ2v) is 9.15. The van der Waals surface area contributed by atoms with Crippen LogP contribution < -0.4 is 0 Å². The van der Waals surface area contributed by atoms with Crippen molar-refractivity contribution in [3.63, 3.8) is 0 Å². The summed E-state index contributed by atoms with van der Waals surface area (Å²) < 4.78 is 2.11. The molecule has 2 amide bonds. The zero-order chi connectivity index (χ0) is 22.1. The first-order chi connectivity index (χ1) is 15.6. The van der Waals surface area contributed by atoms with Gasteiger partial charge in [-0.05, 0) is 49.8 Å². The van der Waals surface area contributed by atoms with Crippen molar-refractivity contribution in [3.05, 3.63) is 71.7 Å². The number of imidazole rings is 1. The Bertz CT molecular complexity index is 1130. The number of likely N-dealkylation sites (tertiary alicyclic amines) is 2. The topological polar surface area (TPSA) is 57.9 Å². The van der Waals surface area contributed by atoms with Crippen molar-refractivity contribution < 1.29 is 9.59 Å². The minimum Gasteiger partial charge on any atom is -0.341 e. The second kappa shape index (κ2) is 8.41. The summed E-state index contributed by atoms with van der Waals surface area (Å²) in [4.78, 5) is 33.9. The van der Waals surface area contributed by atoms with E-state index in [4.69, 9.17) is 4.98 Å². The summed E-state index contributed by atoms with van der Waals surface area (Å²) in [5, 5.41) is 0. The maximum Gasteiger partial charge on any atom is 0.242 e. The van der Waals surface area contributed by atoms with Crippen molar-refractivity contribution in [2.45, 2.75) is 44.4 Å². The van der Waals surface area contributed by atoms with Crippen LogP contribution >= 0.6 is 0 Å². The van der Waals surface area contributed by atoms with Crippen LogP contribution in [0.2, 0.25) is 0 Å². The van der Waals surface area contributed by atoms with Crippen molar-refractivity contribution in [2.24, 2.45) is 0 Å². The molecule has 0 N–H and O–H groups in total. The standard InChI is InChI=1S/C26H30N4O2/c1-20-8-7-15-30-18-22(27-25(20)30)26(21-9-3-2-4-10-21)12-16-28(17-13-26)24(32)19-29-14-6-5-11-23(29)31/h2-4,7-10,15,18H,5-6,11-14,16-17,19H2,1H3. The predicted molar refractivity (Wildman–Crippen MR) is 123 cm³/mol. The van der Waals surface area contributed by atoms with Gasteiger partial charge in [-0.2, -0.15) is 0 Å². The third kappa shape index (κ3) is 3.68. The van der Waals surface area contributed by atoms with Crippen molar-refractivity contribution in [1.82, 2.24) is 19.2 Å². The predicted octanol–water partition coefficient (Wildman–Crippen LogP) is 3.56. The van der Waals surface area contributed by atoms with Crippen LogP contribution in [-0.2, 0) is 15.0 Å². The highest BCUT2D eigenvalue weighted by Gasteiger charge is 2.41. The molecule has 0 saturated carbocycles. The fraction of sp³-hybridized carbons (Fsp3) is 0.423. The number of piperidine rings is 2. The first kappa shape index (κ1) is 20.7. The third-order valence-corrected chi connectivity index (χ3v) is 7.21. The van der Waals surface area contributed by atoms with Crippen LogP contribution in [0.4, 0.5) is 0 Å². The lowest BCUT2D eigenvalue weighted by Crippen LogP contribution is -2.50. The molecule has 3 aromatic rings. The summed E-state index contributed by atoms with van der Waals surface area (Å²) in [7, 11) is 0. The van der Waals surface area contributed by atoms with Crippen molar-refractivity contribution in [1.29, 1.82) is 0 Å². The van der Waals surface area contributed by atoms with Gasteiger partial charge in [0.2, 0.25) is 11.8 Å². The molecule has 2 aliphatic rings. The number of carbonyl (C=O) groups is 2. The number of amides is 2. The third-order valence-electron chi connectivity index (χ3n) is 7.21. The summed E-state index contributed by atoms with van der Waals surface area (Å²) in [5.74, 6) is 0.174. The summed E-state index contributed by atoms with van der Waals surface area (Å²) in [6, 6.07) is 14.7. The molecule has 5 rings (SSSR count). The molecule has 0 radical (unpaired) electrons. The first-order valence-corrected chi connectivity index (χ1v) is 11.6. The van der Waals surface area contributed by atoms with Gasteiger partial charge in [-0.3, -0.25) is 9.59 Å². The van der Waals surface area contributed by atoms with Crippen LogP contribution in [0.5, 0.6) is 0 Å². The monoisotopic (exact) mass is 430 g/mol. The molecule has 1 aromatic carbocycles. The van der Waals surface area contributed by atoms with Crippen LogP contribution in [0.1, 0.15) is 48.9 Å². The highest BCUT2D eigenvalue weighted by Crippen LogP contribution is 2.41. The molecular formula is C26H30N4O2. The number of aromatic nitrogens is 2. The van der Waals surface area contributed by atoms with Gasteiger partial charge in [0.05, 0.1) is 12.2 Å². The Morgan fingerprint density at radius 2 is 1.81 bits per heavy atom. The Morgan fingerprint density at radius 1 is 1.03 bits per heavy atom. The number of aryl methyl sites for hydroxylation is 1. The maximum absolute atomic E-state index is 13.0. The molecule has 6 nitrogen and oxygen atoms in total. The molecule has 0 atom stereocenters. The Labute approximate surface area is 188 Å². The minimum atomic E-state index is -0.225. The average molecular weight is 431 g/mol. The fourth-order valence-electron chi connectivity index (χ4n) is 5.26. The molecule has 0 unspecified atom stereocenters. The number of hydrogen-bond donors (Lipinski definition) is 0. The molecule has 2 aromatic heterocycles. The van der Waals surface area contributed by atoms with Crippen LogP contribution in [-0.4, -0.2) is 57.2 Å². The number of hydrogen-bond acceptors (Lipinski definition) is 3. The number of benzene rings is 1. The second-order valence-electron chi connectivity index (χ2n) is 9.15. The molecule has 32 heavy (non-hydrogen) atoms. The zero-order valence-electron chi connectivity index (χ0n) is 18.7. The summed E-state index contributed by atoms with van der Waals surface area (Å²) in [6.45, 7) is 4.34. The van der Waals surface area contributed by atoms with Crippen molar-refractivity contribution in [2.75, 3.05) is 26.2 Å². The van der Waals surface area contributed by atoms with Gasteiger partial charge in [0.15, 0.2) is 0 Å². The number of fused-ring (bicyclic) bond motifs is 1. The largest absolute Gasteiger partial charge is 0.341 e. The van der Waals surface area contributed by atoms with E-state index in [0.717, 1.165) is 42.6 Å². The van der Waals surface area contributed by atoms with E-state index in [2.05, 4.69) is 47.9 Å². The van der Waals surface area contributed by atoms with E-state index < -0.39 is 0 Å². The molecular weight excluding hydrogens is 400 g/mol. The smallest absolute Gasteiger partial charge is 0.242 e. The van der Waals surface area contributed by atoms with E-state index in [0.29, 0.717) is 26.1 Å². The molecule has 0 bridgehead atoms. The zero-order valence-corrected chi connectivity index (χ0v) is 18.7. The Kier molecular flexibility index (Phi) is 5.45. The normalized spacial score (nSPS) is 18.8. The molecule has 2 fully saturated rings. The van der Waals surface area contributed by atoms with E-state index >= 15 is 0 Å². The molecule has 0 aliphatic carbocycles. The highest BCUT2D eigenvalue weighted by molar-refractivity contribution is 5.85. The van der Waals surface area contributed by atoms with Gasteiger partial charge in [-0.25, -0.2) is 4.98 Å². The van der Waals surface area contributed by atoms with Crippen LogP contribution in [0.3, 0.4) is 0 Å². The SMILES string of the molecule is Cc1cccn2cc(C3(c4ccccc4)CCN(C(=O)CN4CCCCC4=O)CC3)nc12. The van der Waals surface area contributed by atoms with E-state index in [1.54, 1.807) is 4.90 Å². The number of nitrogens with zero attached hydrogens (tertiary/aromatic N) is 4. The Balaban J connectivity index is 1.40. The van der Waals surface area contributed by atoms with Crippen LogP contribution in [0, 0.1) is 6.92 Å². The average Bonchev–Trinajstić information content (AvgIpc) is 3.27. The van der Waals surface area contributed by atoms with Gasteiger partial charge in [0, 0.05) is 43.9 Å². The van der Waals surface area contributed by atoms with Crippen LogP contribution in [0.15, 0.2) is 54.9 Å². The lowest BCUT2D eigenvalue weighted by atomic mass is 9.70. The van der Waals surface area contributed by atoms with Gasteiger partial charge in [-0.1, -0.05) is 36.4 Å². The minimum absolute atomic E-state index is 0.0627. The molecule has 166 valence electrons. The number of carbonyl (C=O) groups excluding carboxylic acids is 2. The molecule has 0 spiro atoms. The maximum atomic E-state index is 13.0. The molecule has 2 saturated heterocycles. The fourth-order valence-corrected chi connectivity index (χ4v) is 5.26. The van der Waals surface area contributed by atoms with Gasteiger partial charge in [0.25, 0.3) is 0 Å². The first-order valence-electron chi connectivity index (χ1n) is 11.6. The van der Waals surface area contributed by atoms with Gasteiger partial charge in [0.1, 0.15) is 5.65 Å². The van der Waals surface area contributed by atoms with Crippen LogP contribution in [0.25, 0.3) is 5.65 Å². The van der Waals surface area contributed by atoms with E-state index in [-0.39, 0.29) is 23.8 Å². The summed E-state index contributed by atoms with van der Waals surface area (Å²) in [5.41, 5.74) is 4.23. The summed E-state index contributed by atoms with van der Waals surface area (Å²) in [6.07, 6.45) is 8.33. The van der Waals surface area contributed by atoms with Crippen molar-refractivity contribution in [3.8, 4) is 0 Å².